The largest absolute Gasteiger partial charge is 0.451 e. The molecule has 1 N–H and O–H groups in total. The lowest BCUT2D eigenvalue weighted by Gasteiger charge is -2.37. The number of aliphatic hydroxyl groups is 1. The molecule has 1 aliphatic rings. The Morgan fingerprint density at radius 3 is 2.95 bits per heavy atom. The van der Waals surface area contributed by atoms with E-state index >= 15 is 0 Å². The van der Waals surface area contributed by atoms with Crippen LogP contribution in [0.2, 0.25) is 0 Å². The van der Waals surface area contributed by atoms with Gasteiger partial charge < -0.3 is 14.4 Å². The maximum atomic E-state index is 12.3. The number of hydrogen-bond acceptors (Lipinski definition) is 3. The van der Waals surface area contributed by atoms with Crippen molar-refractivity contribution in [3.63, 3.8) is 0 Å². The highest BCUT2D eigenvalue weighted by atomic mass is 79.9. The molecule has 5 heteroatoms. The molecule has 1 saturated heterocycles. The molecule has 0 aliphatic carbocycles. The van der Waals surface area contributed by atoms with E-state index in [1.54, 1.807) is 4.90 Å². The van der Waals surface area contributed by atoms with E-state index in [9.17, 15) is 4.79 Å². The summed E-state index contributed by atoms with van der Waals surface area (Å²) < 4.78 is 6.63. The van der Waals surface area contributed by atoms with Crippen LogP contribution < -0.4 is 0 Å². The maximum Gasteiger partial charge on any atom is 0.289 e. The van der Waals surface area contributed by atoms with Gasteiger partial charge in [-0.3, -0.25) is 4.79 Å². The van der Waals surface area contributed by atoms with Crippen LogP contribution in [0.4, 0.5) is 0 Å². The Morgan fingerprint density at radius 2 is 2.26 bits per heavy atom. The summed E-state index contributed by atoms with van der Waals surface area (Å²) in [7, 11) is 0. The molecule has 1 aromatic carbocycles. The third kappa shape index (κ3) is 2.07. The number of halogens is 1. The third-order valence-corrected chi connectivity index (χ3v) is 4.09. The third-order valence-electron chi connectivity index (χ3n) is 3.60. The summed E-state index contributed by atoms with van der Waals surface area (Å²) in [6, 6.07) is 5.71. The zero-order valence-electron chi connectivity index (χ0n) is 10.5. The van der Waals surface area contributed by atoms with Gasteiger partial charge in [-0.2, -0.15) is 0 Å². The highest BCUT2D eigenvalue weighted by Gasteiger charge is 2.33. The molecular weight excluding hydrogens is 310 g/mol. The second-order valence-electron chi connectivity index (χ2n) is 4.96. The summed E-state index contributed by atoms with van der Waals surface area (Å²) in [5, 5.41) is 9.94. The number of furan rings is 1. The van der Waals surface area contributed by atoms with Crippen molar-refractivity contribution in [3.8, 4) is 0 Å². The van der Waals surface area contributed by atoms with Gasteiger partial charge in [0.15, 0.2) is 5.76 Å². The predicted octanol–water partition coefficient (Wildman–Crippen LogP) is 2.57. The van der Waals surface area contributed by atoms with E-state index in [0.717, 1.165) is 21.0 Å². The highest BCUT2D eigenvalue weighted by molar-refractivity contribution is 9.10. The molecule has 0 bridgehead atoms. The SMILES string of the molecule is Cc1c(C(=O)N2CC(CO)C2)oc2ccc(Br)cc12. The van der Waals surface area contributed by atoms with Crippen molar-refractivity contribution < 1.29 is 14.3 Å². The standard InChI is InChI=1S/C14H14BrNO3/c1-8-11-4-10(15)2-3-12(11)19-13(8)14(18)16-5-9(6-16)7-17/h2-4,9,17H,5-7H2,1H3. The van der Waals surface area contributed by atoms with Gasteiger partial charge in [-0.25, -0.2) is 0 Å². The first kappa shape index (κ1) is 12.7. The molecule has 1 aromatic heterocycles. The fourth-order valence-corrected chi connectivity index (χ4v) is 2.75. The number of rotatable bonds is 2. The average molecular weight is 324 g/mol. The Kier molecular flexibility index (Phi) is 3.11. The first-order chi connectivity index (χ1) is 9.10. The van der Waals surface area contributed by atoms with Gasteiger partial charge in [0.2, 0.25) is 0 Å². The van der Waals surface area contributed by atoms with Crippen LogP contribution in [0.3, 0.4) is 0 Å². The van der Waals surface area contributed by atoms with Crippen LogP contribution in [-0.4, -0.2) is 35.6 Å². The van der Waals surface area contributed by atoms with E-state index < -0.39 is 0 Å². The number of benzene rings is 1. The van der Waals surface area contributed by atoms with Gasteiger partial charge in [0.05, 0.1) is 0 Å². The summed E-state index contributed by atoms with van der Waals surface area (Å²) in [5.41, 5.74) is 1.59. The first-order valence-corrected chi connectivity index (χ1v) is 6.98. The molecule has 0 saturated carbocycles. The number of hydrogen-bond donors (Lipinski definition) is 1. The Balaban J connectivity index is 1.93. The average Bonchev–Trinajstić information content (AvgIpc) is 2.65. The van der Waals surface area contributed by atoms with Crippen molar-refractivity contribution in [1.82, 2.24) is 4.90 Å². The summed E-state index contributed by atoms with van der Waals surface area (Å²) in [6.07, 6.45) is 0. The number of carbonyl (C=O) groups excluding carboxylic acids is 1. The normalized spacial score (nSPS) is 15.8. The van der Waals surface area contributed by atoms with E-state index in [-0.39, 0.29) is 18.4 Å². The molecule has 3 rings (SSSR count). The molecule has 4 nitrogen and oxygen atoms in total. The number of amides is 1. The molecule has 2 heterocycles. The highest BCUT2D eigenvalue weighted by Crippen LogP contribution is 2.30. The van der Waals surface area contributed by atoms with Crippen molar-refractivity contribution in [2.24, 2.45) is 5.92 Å². The molecule has 100 valence electrons. The topological polar surface area (TPSA) is 53.7 Å². The number of likely N-dealkylation sites (tertiary alicyclic amines) is 1. The molecule has 0 radical (unpaired) electrons. The van der Waals surface area contributed by atoms with Gasteiger partial charge in [0.25, 0.3) is 5.91 Å². The van der Waals surface area contributed by atoms with Crippen molar-refractivity contribution in [2.75, 3.05) is 19.7 Å². The number of aryl methyl sites for hydroxylation is 1. The Labute approximate surface area is 119 Å². The summed E-state index contributed by atoms with van der Waals surface area (Å²) in [4.78, 5) is 14.0. The molecule has 2 aromatic rings. The van der Waals surface area contributed by atoms with Crippen molar-refractivity contribution in [3.05, 3.63) is 34.0 Å². The second kappa shape index (κ2) is 4.65. The lowest BCUT2D eigenvalue weighted by Crippen LogP contribution is -2.51. The quantitative estimate of drug-likeness (QED) is 0.924. The number of carbonyl (C=O) groups is 1. The van der Waals surface area contributed by atoms with Crippen molar-refractivity contribution in [1.29, 1.82) is 0 Å². The van der Waals surface area contributed by atoms with E-state index in [0.29, 0.717) is 18.8 Å². The number of nitrogens with zero attached hydrogens (tertiary/aromatic N) is 1. The minimum absolute atomic E-state index is 0.0884. The van der Waals surface area contributed by atoms with Gasteiger partial charge >= 0.3 is 0 Å². The zero-order valence-corrected chi connectivity index (χ0v) is 12.1. The van der Waals surface area contributed by atoms with Crippen LogP contribution >= 0.6 is 15.9 Å². The summed E-state index contributed by atoms with van der Waals surface area (Å²) in [5.74, 6) is 0.529. The van der Waals surface area contributed by atoms with Crippen molar-refractivity contribution in [2.45, 2.75) is 6.92 Å². The number of fused-ring (bicyclic) bond motifs is 1. The zero-order chi connectivity index (χ0) is 13.6. The summed E-state index contributed by atoms with van der Waals surface area (Å²) in [6.45, 7) is 3.25. The van der Waals surface area contributed by atoms with Gasteiger partial charge in [-0.15, -0.1) is 0 Å². The van der Waals surface area contributed by atoms with Crippen LogP contribution in [-0.2, 0) is 0 Å². The minimum Gasteiger partial charge on any atom is -0.451 e. The molecule has 0 spiro atoms. The second-order valence-corrected chi connectivity index (χ2v) is 5.87. The molecule has 0 unspecified atom stereocenters. The monoisotopic (exact) mass is 323 g/mol. The van der Waals surface area contributed by atoms with Gasteiger partial charge in [-0.1, -0.05) is 15.9 Å². The van der Waals surface area contributed by atoms with Gasteiger partial charge in [-0.05, 0) is 25.1 Å². The fourth-order valence-electron chi connectivity index (χ4n) is 2.39. The molecular formula is C14H14BrNO3. The molecule has 19 heavy (non-hydrogen) atoms. The first-order valence-electron chi connectivity index (χ1n) is 6.19. The lowest BCUT2D eigenvalue weighted by atomic mass is 10.0. The Bertz CT molecular complexity index is 643. The molecule has 1 fully saturated rings. The summed E-state index contributed by atoms with van der Waals surface area (Å²) >= 11 is 3.42. The van der Waals surface area contributed by atoms with Crippen LogP contribution in [0.15, 0.2) is 27.1 Å². The van der Waals surface area contributed by atoms with Crippen LogP contribution in [0.25, 0.3) is 11.0 Å². The Hall–Kier alpha value is -1.33. The maximum absolute atomic E-state index is 12.3. The molecule has 0 atom stereocenters. The lowest BCUT2D eigenvalue weighted by molar-refractivity contribution is 0.0335. The number of aliphatic hydroxyl groups excluding tert-OH is 1. The van der Waals surface area contributed by atoms with Crippen LogP contribution in [0.1, 0.15) is 16.1 Å². The smallest absolute Gasteiger partial charge is 0.289 e. The van der Waals surface area contributed by atoms with Gasteiger partial charge in [0.1, 0.15) is 5.58 Å². The molecule has 1 amide bonds. The van der Waals surface area contributed by atoms with E-state index in [2.05, 4.69) is 15.9 Å². The van der Waals surface area contributed by atoms with Gasteiger partial charge in [0, 0.05) is 41.0 Å². The Morgan fingerprint density at radius 1 is 1.53 bits per heavy atom. The van der Waals surface area contributed by atoms with Crippen LogP contribution in [0.5, 0.6) is 0 Å². The van der Waals surface area contributed by atoms with E-state index in [4.69, 9.17) is 9.52 Å². The fraction of sp³-hybridized carbons (Fsp3) is 0.357. The minimum atomic E-state index is -0.0884. The van der Waals surface area contributed by atoms with E-state index in [1.807, 2.05) is 25.1 Å². The van der Waals surface area contributed by atoms with Crippen LogP contribution in [0, 0.1) is 12.8 Å². The van der Waals surface area contributed by atoms with Crippen molar-refractivity contribution >= 4 is 32.8 Å². The molecule has 1 aliphatic heterocycles. The van der Waals surface area contributed by atoms with E-state index in [1.165, 1.54) is 0 Å². The predicted molar refractivity (Wildman–Crippen MR) is 75.1 cm³/mol.